The topological polar surface area (TPSA) is 53.6 Å². The lowest BCUT2D eigenvalue weighted by atomic mass is 10.1. The minimum atomic E-state index is 0.0432. The molecule has 154 valence electrons. The van der Waals surface area contributed by atoms with Gasteiger partial charge in [-0.25, -0.2) is 0 Å². The molecule has 2 N–H and O–H groups in total. The van der Waals surface area contributed by atoms with E-state index < -0.39 is 0 Å². The molecule has 5 nitrogen and oxygen atoms in total. The molecule has 0 unspecified atom stereocenters. The Balaban J connectivity index is 1.54. The molecule has 1 saturated heterocycles. The van der Waals surface area contributed by atoms with E-state index in [0.717, 1.165) is 35.7 Å². The second-order valence-corrected chi connectivity index (χ2v) is 8.12. The number of anilines is 2. The van der Waals surface area contributed by atoms with Gasteiger partial charge < -0.3 is 20.3 Å². The lowest BCUT2D eigenvalue weighted by Crippen LogP contribution is -2.39. The lowest BCUT2D eigenvalue weighted by Gasteiger charge is -2.21. The number of benzene rings is 2. The van der Waals surface area contributed by atoms with Crippen LogP contribution >= 0.6 is 12.2 Å². The van der Waals surface area contributed by atoms with Crippen molar-refractivity contribution < 1.29 is 9.53 Å². The van der Waals surface area contributed by atoms with Crippen LogP contribution in [0.15, 0.2) is 36.4 Å². The zero-order valence-electron chi connectivity index (χ0n) is 17.5. The summed E-state index contributed by atoms with van der Waals surface area (Å²) in [5.41, 5.74) is 5.37. The number of amides is 1. The van der Waals surface area contributed by atoms with Crippen LogP contribution in [0.1, 0.15) is 36.5 Å². The molecule has 29 heavy (non-hydrogen) atoms. The molecule has 0 aliphatic carbocycles. The number of hydrogen-bond donors (Lipinski definition) is 2. The second kappa shape index (κ2) is 9.27. The monoisotopic (exact) mass is 411 g/mol. The van der Waals surface area contributed by atoms with Gasteiger partial charge in [-0.2, -0.15) is 0 Å². The fourth-order valence-corrected chi connectivity index (χ4v) is 3.66. The summed E-state index contributed by atoms with van der Waals surface area (Å²) >= 11 is 5.46. The highest BCUT2D eigenvalue weighted by Crippen LogP contribution is 2.28. The van der Waals surface area contributed by atoms with Gasteiger partial charge in [0.2, 0.25) is 5.91 Å². The number of nitrogens with zero attached hydrogens (tertiary/aromatic N) is 1. The molecule has 1 fully saturated rings. The van der Waals surface area contributed by atoms with Crippen LogP contribution in [-0.2, 0) is 4.79 Å². The Hall–Kier alpha value is -2.60. The second-order valence-electron chi connectivity index (χ2n) is 7.71. The Morgan fingerprint density at radius 2 is 1.90 bits per heavy atom. The summed E-state index contributed by atoms with van der Waals surface area (Å²) in [6, 6.07) is 12.1. The van der Waals surface area contributed by atoms with Crippen molar-refractivity contribution in [3.05, 3.63) is 53.1 Å². The molecule has 2 aromatic carbocycles. The average molecular weight is 412 g/mol. The quantitative estimate of drug-likeness (QED) is 0.686. The van der Waals surface area contributed by atoms with Crippen molar-refractivity contribution in [3.63, 3.8) is 0 Å². The third-order valence-corrected chi connectivity index (χ3v) is 5.41. The number of carbonyl (C=O) groups excluding carboxylic acids is 1. The van der Waals surface area contributed by atoms with E-state index in [-0.39, 0.29) is 11.9 Å². The SMILES string of the molecule is Cc1ccc(OC[C@H](C)NC(=S)Nc2ccc(C)c(N3CCCC3=O)c2)cc1C. The number of aryl methyl sites for hydroxylation is 3. The Morgan fingerprint density at radius 3 is 2.59 bits per heavy atom. The molecule has 1 atom stereocenters. The standard InChI is InChI=1S/C23H29N3O2S/c1-15-8-10-20(12-17(15)3)28-14-18(4)24-23(29)25-19-9-7-16(2)21(13-19)26-11-5-6-22(26)27/h7-10,12-13,18H,5-6,11,14H2,1-4H3,(H2,24,25,29)/t18-/m0/s1. The normalized spacial score (nSPS) is 14.6. The minimum Gasteiger partial charge on any atom is -0.491 e. The van der Waals surface area contributed by atoms with Crippen LogP contribution in [0.3, 0.4) is 0 Å². The molecule has 2 aromatic rings. The van der Waals surface area contributed by atoms with Crippen LogP contribution in [0.4, 0.5) is 11.4 Å². The Kier molecular flexibility index (Phi) is 6.75. The molecule has 0 saturated carbocycles. The first kappa shape index (κ1) is 21.1. The highest BCUT2D eigenvalue weighted by molar-refractivity contribution is 7.80. The first-order chi connectivity index (χ1) is 13.8. The fourth-order valence-electron chi connectivity index (χ4n) is 3.34. The number of nitrogens with one attached hydrogen (secondary N) is 2. The molecule has 1 aliphatic heterocycles. The number of thiocarbonyl (C=S) groups is 1. The third-order valence-electron chi connectivity index (χ3n) is 5.19. The summed E-state index contributed by atoms with van der Waals surface area (Å²) in [7, 11) is 0. The van der Waals surface area contributed by atoms with E-state index in [4.69, 9.17) is 17.0 Å². The molecular formula is C23H29N3O2S. The minimum absolute atomic E-state index is 0.0432. The van der Waals surface area contributed by atoms with Crippen molar-refractivity contribution in [1.82, 2.24) is 5.32 Å². The largest absolute Gasteiger partial charge is 0.491 e. The fraction of sp³-hybridized carbons (Fsp3) is 0.391. The molecule has 1 heterocycles. The molecule has 0 aromatic heterocycles. The predicted octanol–water partition coefficient (Wildman–Crippen LogP) is 4.49. The molecule has 1 amide bonds. The summed E-state index contributed by atoms with van der Waals surface area (Å²) in [5.74, 6) is 1.04. The van der Waals surface area contributed by atoms with Gasteiger partial charge in [0.05, 0.1) is 6.04 Å². The van der Waals surface area contributed by atoms with Crippen molar-refractivity contribution >= 4 is 34.6 Å². The average Bonchev–Trinajstić information content (AvgIpc) is 3.10. The van der Waals surface area contributed by atoms with Gasteiger partial charge in [0.25, 0.3) is 0 Å². The van der Waals surface area contributed by atoms with Crippen LogP contribution in [0, 0.1) is 20.8 Å². The van der Waals surface area contributed by atoms with Gasteiger partial charge in [0, 0.05) is 24.3 Å². The Bertz CT molecular complexity index is 913. The summed E-state index contributed by atoms with van der Waals surface area (Å²) < 4.78 is 5.87. The van der Waals surface area contributed by atoms with Gasteiger partial charge in [-0.05, 0) is 87.3 Å². The molecule has 6 heteroatoms. The van der Waals surface area contributed by atoms with Crippen LogP contribution < -0.4 is 20.3 Å². The third kappa shape index (κ3) is 5.48. The number of carbonyl (C=O) groups is 1. The molecule has 1 aliphatic rings. The molecule has 0 bridgehead atoms. The van der Waals surface area contributed by atoms with E-state index in [1.54, 1.807) is 0 Å². The lowest BCUT2D eigenvalue weighted by molar-refractivity contribution is -0.117. The van der Waals surface area contributed by atoms with E-state index in [1.165, 1.54) is 11.1 Å². The Labute approximate surface area is 178 Å². The van der Waals surface area contributed by atoms with E-state index in [2.05, 4.69) is 30.5 Å². The smallest absolute Gasteiger partial charge is 0.227 e. The first-order valence-electron chi connectivity index (χ1n) is 10.0. The maximum Gasteiger partial charge on any atom is 0.227 e. The molecule has 3 rings (SSSR count). The van der Waals surface area contributed by atoms with Gasteiger partial charge in [0.1, 0.15) is 12.4 Å². The van der Waals surface area contributed by atoms with Crippen molar-refractivity contribution in [2.45, 2.75) is 46.6 Å². The van der Waals surface area contributed by atoms with E-state index in [1.807, 2.05) is 49.1 Å². The van der Waals surface area contributed by atoms with Crippen LogP contribution in [0.2, 0.25) is 0 Å². The van der Waals surface area contributed by atoms with E-state index in [0.29, 0.717) is 18.1 Å². The summed E-state index contributed by atoms with van der Waals surface area (Å²) in [4.78, 5) is 13.9. The van der Waals surface area contributed by atoms with Gasteiger partial charge in [-0.15, -0.1) is 0 Å². The van der Waals surface area contributed by atoms with Crippen molar-refractivity contribution in [2.75, 3.05) is 23.4 Å². The summed E-state index contributed by atoms with van der Waals surface area (Å²) in [6.07, 6.45) is 1.53. The Morgan fingerprint density at radius 1 is 1.14 bits per heavy atom. The van der Waals surface area contributed by atoms with Gasteiger partial charge in [-0.1, -0.05) is 12.1 Å². The maximum absolute atomic E-state index is 12.1. The highest BCUT2D eigenvalue weighted by Gasteiger charge is 2.23. The number of rotatable bonds is 6. The maximum atomic E-state index is 12.1. The van der Waals surface area contributed by atoms with Crippen molar-refractivity contribution in [1.29, 1.82) is 0 Å². The van der Waals surface area contributed by atoms with Crippen molar-refractivity contribution in [2.24, 2.45) is 0 Å². The van der Waals surface area contributed by atoms with Gasteiger partial charge >= 0.3 is 0 Å². The van der Waals surface area contributed by atoms with Crippen LogP contribution in [0.25, 0.3) is 0 Å². The highest BCUT2D eigenvalue weighted by atomic mass is 32.1. The zero-order chi connectivity index (χ0) is 21.0. The molecule has 0 radical (unpaired) electrons. The molecular weight excluding hydrogens is 382 g/mol. The number of hydrogen-bond acceptors (Lipinski definition) is 3. The van der Waals surface area contributed by atoms with E-state index >= 15 is 0 Å². The van der Waals surface area contributed by atoms with Crippen LogP contribution in [-0.4, -0.2) is 30.2 Å². The summed E-state index contributed by atoms with van der Waals surface area (Å²) in [6.45, 7) is 9.49. The number of ether oxygens (including phenoxy) is 1. The van der Waals surface area contributed by atoms with E-state index in [9.17, 15) is 4.79 Å². The molecule has 0 spiro atoms. The van der Waals surface area contributed by atoms with Gasteiger partial charge in [0.15, 0.2) is 5.11 Å². The first-order valence-corrected chi connectivity index (χ1v) is 10.4. The van der Waals surface area contributed by atoms with Gasteiger partial charge in [-0.3, -0.25) is 4.79 Å². The zero-order valence-corrected chi connectivity index (χ0v) is 18.4. The summed E-state index contributed by atoms with van der Waals surface area (Å²) in [5, 5.41) is 7.00. The predicted molar refractivity (Wildman–Crippen MR) is 123 cm³/mol. The van der Waals surface area contributed by atoms with Crippen molar-refractivity contribution in [3.8, 4) is 5.75 Å². The van der Waals surface area contributed by atoms with Crippen LogP contribution in [0.5, 0.6) is 5.75 Å².